The summed E-state index contributed by atoms with van der Waals surface area (Å²) in [6.45, 7) is 0.424. The zero-order chi connectivity index (χ0) is 14.8. The average molecular weight is 274 g/mol. The predicted octanol–water partition coefficient (Wildman–Crippen LogP) is 1.39. The van der Waals surface area contributed by atoms with Crippen molar-refractivity contribution in [2.75, 3.05) is 6.54 Å². The van der Waals surface area contributed by atoms with Gasteiger partial charge < -0.3 is 15.7 Å². The maximum atomic E-state index is 11.6. The highest BCUT2D eigenvalue weighted by atomic mass is 16.4. The van der Waals surface area contributed by atoms with E-state index in [1.165, 1.54) is 0 Å². The Bertz CT molecular complexity index is 480. The summed E-state index contributed by atoms with van der Waals surface area (Å²) in [4.78, 5) is 22.7. The first kappa shape index (κ1) is 15.6. The summed E-state index contributed by atoms with van der Waals surface area (Å²) in [6.07, 6.45) is 6.58. The first-order valence-electron chi connectivity index (χ1n) is 6.38. The molecule has 0 fully saturated rings. The molecule has 0 spiro atoms. The van der Waals surface area contributed by atoms with E-state index in [2.05, 4.69) is 16.6 Å². The Hall–Kier alpha value is -2.48. The highest BCUT2D eigenvalue weighted by Crippen LogP contribution is 2.03. The molecule has 0 saturated heterocycles. The average Bonchev–Trinajstić information content (AvgIpc) is 2.44. The SMILES string of the molecule is C#CCCCNC(=O)N[C@H](Cc1ccccc1)C(=O)O. The molecule has 20 heavy (non-hydrogen) atoms. The Morgan fingerprint density at radius 2 is 2.00 bits per heavy atom. The van der Waals surface area contributed by atoms with Crippen LogP contribution in [0, 0.1) is 12.3 Å². The molecule has 1 aromatic rings. The van der Waals surface area contributed by atoms with Gasteiger partial charge >= 0.3 is 12.0 Å². The number of hydrogen-bond donors (Lipinski definition) is 3. The lowest BCUT2D eigenvalue weighted by molar-refractivity contribution is -0.139. The lowest BCUT2D eigenvalue weighted by atomic mass is 10.1. The van der Waals surface area contributed by atoms with Gasteiger partial charge in [-0.15, -0.1) is 12.3 Å². The van der Waals surface area contributed by atoms with Crippen molar-refractivity contribution in [3.05, 3.63) is 35.9 Å². The van der Waals surface area contributed by atoms with Crippen molar-refractivity contribution in [2.24, 2.45) is 0 Å². The van der Waals surface area contributed by atoms with Gasteiger partial charge in [0.1, 0.15) is 6.04 Å². The highest BCUT2D eigenvalue weighted by Gasteiger charge is 2.19. The van der Waals surface area contributed by atoms with Crippen LogP contribution in [-0.4, -0.2) is 29.7 Å². The Morgan fingerprint density at radius 3 is 2.60 bits per heavy atom. The lowest BCUT2D eigenvalue weighted by Crippen LogP contribution is -2.47. The summed E-state index contributed by atoms with van der Waals surface area (Å²) in [5, 5.41) is 14.1. The molecule has 3 N–H and O–H groups in total. The molecule has 0 aliphatic heterocycles. The Balaban J connectivity index is 2.45. The minimum atomic E-state index is -1.06. The van der Waals surface area contributed by atoms with E-state index < -0.39 is 18.0 Å². The van der Waals surface area contributed by atoms with Gasteiger partial charge in [0.25, 0.3) is 0 Å². The molecule has 5 nitrogen and oxygen atoms in total. The van der Waals surface area contributed by atoms with Gasteiger partial charge in [0.05, 0.1) is 0 Å². The van der Waals surface area contributed by atoms with Gasteiger partial charge in [-0.1, -0.05) is 30.3 Å². The molecule has 1 aromatic carbocycles. The number of amides is 2. The number of carboxylic acids is 1. The fourth-order valence-corrected chi connectivity index (χ4v) is 1.65. The minimum Gasteiger partial charge on any atom is -0.480 e. The summed E-state index contributed by atoms with van der Waals surface area (Å²) < 4.78 is 0. The molecule has 0 aliphatic carbocycles. The van der Waals surface area contributed by atoms with E-state index in [0.717, 1.165) is 5.56 Å². The van der Waals surface area contributed by atoms with Crippen molar-refractivity contribution in [1.82, 2.24) is 10.6 Å². The molecule has 0 saturated carbocycles. The van der Waals surface area contributed by atoms with Crippen LogP contribution in [0.1, 0.15) is 18.4 Å². The summed E-state index contributed by atoms with van der Waals surface area (Å²) in [5.41, 5.74) is 0.854. The Kier molecular flexibility index (Phi) is 6.69. The van der Waals surface area contributed by atoms with E-state index >= 15 is 0 Å². The minimum absolute atomic E-state index is 0.244. The monoisotopic (exact) mass is 274 g/mol. The van der Waals surface area contributed by atoms with E-state index in [4.69, 9.17) is 11.5 Å². The van der Waals surface area contributed by atoms with Gasteiger partial charge in [-0.05, 0) is 12.0 Å². The zero-order valence-corrected chi connectivity index (χ0v) is 11.1. The first-order valence-corrected chi connectivity index (χ1v) is 6.38. The van der Waals surface area contributed by atoms with Crippen LogP contribution >= 0.6 is 0 Å². The molecular formula is C15H18N2O3. The molecular weight excluding hydrogens is 256 g/mol. The second kappa shape index (κ2) is 8.59. The van der Waals surface area contributed by atoms with Crippen LogP contribution in [-0.2, 0) is 11.2 Å². The summed E-state index contributed by atoms with van der Waals surface area (Å²) in [7, 11) is 0. The van der Waals surface area contributed by atoms with Crippen molar-refractivity contribution < 1.29 is 14.7 Å². The van der Waals surface area contributed by atoms with Gasteiger partial charge in [-0.25, -0.2) is 9.59 Å². The lowest BCUT2D eigenvalue weighted by Gasteiger charge is -2.15. The van der Waals surface area contributed by atoms with Gasteiger partial charge in [0, 0.05) is 19.4 Å². The highest BCUT2D eigenvalue weighted by molar-refractivity contribution is 5.82. The largest absolute Gasteiger partial charge is 0.480 e. The molecule has 0 unspecified atom stereocenters. The van der Waals surface area contributed by atoms with Gasteiger partial charge in [0.2, 0.25) is 0 Å². The third-order valence-corrected chi connectivity index (χ3v) is 2.67. The summed E-state index contributed by atoms with van der Waals surface area (Å²) in [6, 6.07) is 7.70. The fourth-order valence-electron chi connectivity index (χ4n) is 1.65. The number of benzene rings is 1. The second-order valence-corrected chi connectivity index (χ2v) is 4.29. The predicted molar refractivity (Wildman–Crippen MR) is 76.2 cm³/mol. The maximum absolute atomic E-state index is 11.6. The van der Waals surface area contributed by atoms with Crippen molar-refractivity contribution >= 4 is 12.0 Å². The van der Waals surface area contributed by atoms with E-state index in [-0.39, 0.29) is 6.42 Å². The van der Waals surface area contributed by atoms with Gasteiger partial charge in [-0.2, -0.15) is 0 Å². The van der Waals surface area contributed by atoms with Gasteiger partial charge in [-0.3, -0.25) is 0 Å². The van der Waals surface area contributed by atoms with Crippen molar-refractivity contribution in [3.63, 3.8) is 0 Å². The van der Waals surface area contributed by atoms with Crippen LogP contribution in [0.2, 0.25) is 0 Å². The number of hydrogen-bond acceptors (Lipinski definition) is 2. The standard InChI is InChI=1S/C15H18N2O3/c1-2-3-7-10-16-15(20)17-13(14(18)19)11-12-8-5-4-6-9-12/h1,4-6,8-9,13H,3,7,10-11H2,(H,18,19)(H2,16,17,20)/t13-/m1/s1. The summed E-state index contributed by atoms with van der Waals surface area (Å²) >= 11 is 0. The number of urea groups is 1. The van der Waals surface area contributed by atoms with Crippen LogP contribution in [0.25, 0.3) is 0 Å². The molecule has 0 heterocycles. The number of unbranched alkanes of at least 4 members (excludes halogenated alkanes) is 1. The zero-order valence-electron chi connectivity index (χ0n) is 11.1. The molecule has 1 rings (SSSR count). The Labute approximate surface area is 118 Å². The quantitative estimate of drug-likeness (QED) is 0.519. The molecule has 0 aromatic heterocycles. The summed E-state index contributed by atoms with van der Waals surface area (Å²) in [5.74, 6) is 1.40. The number of aliphatic carboxylic acids is 1. The first-order chi connectivity index (χ1) is 9.63. The van der Waals surface area contributed by atoms with E-state index in [9.17, 15) is 9.59 Å². The molecule has 5 heteroatoms. The van der Waals surface area contributed by atoms with Crippen LogP contribution < -0.4 is 10.6 Å². The third kappa shape index (κ3) is 5.91. The van der Waals surface area contributed by atoms with Crippen molar-refractivity contribution in [1.29, 1.82) is 0 Å². The molecule has 0 bridgehead atoms. The number of carboxylic acid groups (broad SMARTS) is 1. The number of carbonyl (C=O) groups excluding carboxylic acids is 1. The topological polar surface area (TPSA) is 78.4 Å². The fraction of sp³-hybridized carbons (Fsp3) is 0.333. The normalized spacial score (nSPS) is 11.2. The van der Waals surface area contributed by atoms with Gasteiger partial charge in [0.15, 0.2) is 0 Å². The van der Waals surface area contributed by atoms with E-state index in [0.29, 0.717) is 19.4 Å². The Morgan fingerprint density at radius 1 is 1.30 bits per heavy atom. The van der Waals surface area contributed by atoms with Crippen LogP contribution in [0.5, 0.6) is 0 Å². The molecule has 0 aliphatic rings. The van der Waals surface area contributed by atoms with Crippen molar-refractivity contribution in [2.45, 2.75) is 25.3 Å². The number of nitrogens with one attached hydrogen (secondary N) is 2. The van der Waals surface area contributed by atoms with Crippen molar-refractivity contribution in [3.8, 4) is 12.3 Å². The van der Waals surface area contributed by atoms with Crippen LogP contribution in [0.15, 0.2) is 30.3 Å². The van der Waals surface area contributed by atoms with Crippen LogP contribution in [0.4, 0.5) is 4.79 Å². The number of carbonyl (C=O) groups is 2. The molecule has 1 atom stereocenters. The molecule has 0 radical (unpaired) electrons. The third-order valence-electron chi connectivity index (χ3n) is 2.67. The second-order valence-electron chi connectivity index (χ2n) is 4.29. The van der Waals surface area contributed by atoms with E-state index in [1.54, 1.807) is 0 Å². The number of terminal acetylenes is 1. The van der Waals surface area contributed by atoms with Crippen LogP contribution in [0.3, 0.4) is 0 Å². The van der Waals surface area contributed by atoms with E-state index in [1.807, 2.05) is 30.3 Å². The molecule has 106 valence electrons. The smallest absolute Gasteiger partial charge is 0.326 e. The number of rotatable bonds is 7. The maximum Gasteiger partial charge on any atom is 0.326 e. The molecule has 2 amide bonds.